The lowest BCUT2D eigenvalue weighted by Gasteiger charge is -2.25. The Bertz CT molecular complexity index is 935. The minimum atomic E-state index is -0.166. The van der Waals surface area contributed by atoms with E-state index in [4.69, 9.17) is 14.5 Å². The third-order valence-electron chi connectivity index (χ3n) is 4.25. The number of ether oxygens (including phenoxy) is 2. The van der Waals surface area contributed by atoms with Crippen molar-refractivity contribution in [3.63, 3.8) is 0 Å². The molecule has 1 aromatic heterocycles. The number of hydrogen-bond acceptors (Lipinski definition) is 6. The summed E-state index contributed by atoms with van der Waals surface area (Å²) in [6, 6.07) is 12.9. The zero-order valence-electron chi connectivity index (χ0n) is 14.4. The minimum absolute atomic E-state index is 0.166. The lowest BCUT2D eigenvalue weighted by molar-refractivity contribution is 0.102. The molecule has 0 radical (unpaired) electrons. The predicted octanol–water partition coefficient (Wildman–Crippen LogP) is 3.39. The quantitative estimate of drug-likeness (QED) is 0.764. The van der Waals surface area contributed by atoms with Gasteiger partial charge in [-0.05, 0) is 36.4 Å². The van der Waals surface area contributed by atoms with E-state index in [0.29, 0.717) is 11.3 Å². The van der Waals surface area contributed by atoms with Crippen LogP contribution in [0.4, 0.5) is 10.8 Å². The zero-order chi connectivity index (χ0) is 17.9. The average Bonchev–Trinajstić information content (AvgIpc) is 3.12. The molecule has 6 nitrogen and oxygen atoms in total. The monoisotopic (exact) mass is 369 g/mol. The first kappa shape index (κ1) is 16.8. The molecular weight excluding hydrogens is 350 g/mol. The van der Waals surface area contributed by atoms with Crippen molar-refractivity contribution in [3.05, 3.63) is 48.0 Å². The van der Waals surface area contributed by atoms with Gasteiger partial charge < -0.3 is 19.7 Å². The van der Waals surface area contributed by atoms with Crippen molar-refractivity contribution < 1.29 is 14.3 Å². The molecule has 0 unspecified atom stereocenters. The number of nitrogens with one attached hydrogen (secondary N) is 1. The summed E-state index contributed by atoms with van der Waals surface area (Å²) in [4.78, 5) is 19.4. The number of thiazole rings is 1. The van der Waals surface area contributed by atoms with E-state index in [1.807, 2.05) is 24.3 Å². The third kappa shape index (κ3) is 3.49. The van der Waals surface area contributed by atoms with Gasteiger partial charge in [0.2, 0.25) is 0 Å². The summed E-state index contributed by atoms with van der Waals surface area (Å²) < 4.78 is 11.6. The van der Waals surface area contributed by atoms with Gasteiger partial charge in [-0.3, -0.25) is 4.79 Å². The summed E-state index contributed by atoms with van der Waals surface area (Å²) in [5.74, 6) is 0.492. The second-order valence-corrected chi connectivity index (χ2v) is 6.97. The molecule has 26 heavy (non-hydrogen) atoms. The molecule has 1 saturated heterocycles. The Balaban J connectivity index is 1.54. The number of methoxy groups -OCH3 is 1. The maximum atomic E-state index is 12.5. The Morgan fingerprint density at radius 3 is 2.88 bits per heavy atom. The van der Waals surface area contributed by atoms with Gasteiger partial charge in [-0.15, -0.1) is 0 Å². The van der Waals surface area contributed by atoms with E-state index in [1.54, 1.807) is 36.6 Å². The summed E-state index contributed by atoms with van der Waals surface area (Å²) >= 11 is 1.63. The van der Waals surface area contributed by atoms with Crippen LogP contribution in [0.3, 0.4) is 0 Å². The van der Waals surface area contributed by atoms with E-state index >= 15 is 0 Å². The molecule has 0 spiro atoms. The molecule has 0 bridgehead atoms. The highest BCUT2D eigenvalue weighted by molar-refractivity contribution is 7.22. The van der Waals surface area contributed by atoms with Crippen LogP contribution in [0.2, 0.25) is 0 Å². The molecular formula is C19H19N3O3S. The molecule has 1 amide bonds. The van der Waals surface area contributed by atoms with Crippen molar-refractivity contribution in [2.75, 3.05) is 43.6 Å². The fourth-order valence-electron chi connectivity index (χ4n) is 2.85. The molecule has 0 atom stereocenters. The second-order valence-electron chi connectivity index (χ2n) is 5.96. The zero-order valence-corrected chi connectivity index (χ0v) is 15.2. The Kier molecular flexibility index (Phi) is 4.73. The van der Waals surface area contributed by atoms with Crippen molar-refractivity contribution in [2.24, 2.45) is 0 Å². The van der Waals surface area contributed by atoms with E-state index in [2.05, 4.69) is 10.2 Å². The summed E-state index contributed by atoms with van der Waals surface area (Å²) in [5.41, 5.74) is 2.25. The maximum absolute atomic E-state index is 12.5. The highest BCUT2D eigenvalue weighted by atomic mass is 32.1. The van der Waals surface area contributed by atoms with Crippen LogP contribution in [0, 0.1) is 0 Å². The number of anilines is 2. The number of amides is 1. The van der Waals surface area contributed by atoms with Crippen molar-refractivity contribution in [3.8, 4) is 5.75 Å². The lowest BCUT2D eigenvalue weighted by Crippen LogP contribution is -2.36. The SMILES string of the molecule is COc1cccc(C(=O)Nc2ccc3nc(N4CCOCC4)sc3c2)c1. The summed E-state index contributed by atoms with van der Waals surface area (Å²) in [5, 5.41) is 3.94. The Morgan fingerprint density at radius 1 is 1.23 bits per heavy atom. The van der Waals surface area contributed by atoms with Gasteiger partial charge in [0, 0.05) is 24.3 Å². The molecule has 3 aromatic rings. The van der Waals surface area contributed by atoms with Crippen LogP contribution in [-0.2, 0) is 4.74 Å². The first-order valence-corrected chi connectivity index (χ1v) is 9.23. The standard InChI is InChI=1S/C19H19N3O3S/c1-24-15-4-2-3-13(11-15)18(23)20-14-5-6-16-17(12-14)26-19(21-16)22-7-9-25-10-8-22/h2-6,11-12H,7-10H2,1H3,(H,20,23). The van der Waals surface area contributed by atoms with Crippen LogP contribution >= 0.6 is 11.3 Å². The summed E-state index contributed by atoms with van der Waals surface area (Å²) in [6.07, 6.45) is 0. The molecule has 0 aliphatic carbocycles. The first-order valence-electron chi connectivity index (χ1n) is 8.41. The molecule has 134 valence electrons. The van der Waals surface area contributed by atoms with Crippen molar-refractivity contribution in [2.45, 2.75) is 0 Å². The van der Waals surface area contributed by atoms with Gasteiger partial charge in [0.05, 0.1) is 30.5 Å². The maximum Gasteiger partial charge on any atom is 0.255 e. The predicted molar refractivity (Wildman–Crippen MR) is 104 cm³/mol. The summed E-state index contributed by atoms with van der Waals surface area (Å²) in [6.45, 7) is 3.19. The second kappa shape index (κ2) is 7.31. The Morgan fingerprint density at radius 2 is 2.08 bits per heavy atom. The molecule has 1 N–H and O–H groups in total. The normalized spacial score (nSPS) is 14.4. The number of rotatable bonds is 4. The number of benzene rings is 2. The summed E-state index contributed by atoms with van der Waals surface area (Å²) in [7, 11) is 1.58. The molecule has 1 aliphatic heterocycles. The molecule has 1 aliphatic rings. The minimum Gasteiger partial charge on any atom is -0.497 e. The van der Waals surface area contributed by atoms with E-state index in [-0.39, 0.29) is 5.91 Å². The van der Waals surface area contributed by atoms with E-state index in [1.165, 1.54) is 0 Å². The highest BCUT2D eigenvalue weighted by Gasteiger charge is 2.16. The molecule has 2 aromatic carbocycles. The number of carbonyl (C=O) groups is 1. The van der Waals surface area contributed by atoms with E-state index < -0.39 is 0 Å². The van der Waals surface area contributed by atoms with E-state index in [9.17, 15) is 4.79 Å². The fourth-order valence-corrected chi connectivity index (χ4v) is 3.90. The van der Waals surface area contributed by atoms with Crippen LogP contribution < -0.4 is 15.0 Å². The van der Waals surface area contributed by atoms with Gasteiger partial charge >= 0.3 is 0 Å². The number of nitrogens with zero attached hydrogens (tertiary/aromatic N) is 2. The molecule has 1 fully saturated rings. The number of hydrogen-bond donors (Lipinski definition) is 1. The number of morpholine rings is 1. The lowest BCUT2D eigenvalue weighted by atomic mass is 10.2. The van der Waals surface area contributed by atoms with Gasteiger partial charge in [0.1, 0.15) is 5.75 Å². The number of carbonyl (C=O) groups excluding carboxylic acids is 1. The molecule has 2 heterocycles. The largest absolute Gasteiger partial charge is 0.497 e. The highest BCUT2D eigenvalue weighted by Crippen LogP contribution is 2.31. The van der Waals surface area contributed by atoms with E-state index in [0.717, 1.165) is 47.3 Å². The van der Waals surface area contributed by atoms with Crippen LogP contribution in [-0.4, -0.2) is 44.3 Å². The van der Waals surface area contributed by atoms with Crippen LogP contribution in [0.15, 0.2) is 42.5 Å². The molecule has 7 heteroatoms. The van der Waals surface area contributed by atoms with Crippen molar-refractivity contribution in [1.29, 1.82) is 0 Å². The van der Waals surface area contributed by atoms with Gasteiger partial charge in [0.25, 0.3) is 5.91 Å². The van der Waals surface area contributed by atoms with Crippen molar-refractivity contribution in [1.82, 2.24) is 4.98 Å². The Labute approximate surface area is 155 Å². The topological polar surface area (TPSA) is 63.7 Å². The van der Waals surface area contributed by atoms with Gasteiger partial charge in [-0.25, -0.2) is 4.98 Å². The fraction of sp³-hybridized carbons (Fsp3) is 0.263. The van der Waals surface area contributed by atoms with Gasteiger partial charge in [-0.2, -0.15) is 0 Å². The van der Waals surface area contributed by atoms with Crippen LogP contribution in [0.5, 0.6) is 5.75 Å². The molecule has 0 saturated carbocycles. The third-order valence-corrected chi connectivity index (χ3v) is 5.33. The van der Waals surface area contributed by atoms with Gasteiger partial charge in [0.15, 0.2) is 5.13 Å². The smallest absolute Gasteiger partial charge is 0.255 e. The van der Waals surface area contributed by atoms with Crippen molar-refractivity contribution >= 4 is 38.3 Å². The number of aromatic nitrogens is 1. The average molecular weight is 369 g/mol. The number of fused-ring (bicyclic) bond motifs is 1. The first-order chi connectivity index (χ1) is 12.7. The van der Waals surface area contributed by atoms with Crippen LogP contribution in [0.1, 0.15) is 10.4 Å². The Hall–Kier alpha value is -2.64. The van der Waals surface area contributed by atoms with Gasteiger partial charge in [-0.1, -0.05) is 17.4 Å². The van der Waals surface area contributed by atoms with Crippen LogP contribution in [0.25, 0.3) is 10.2 Å². The molecule has 4 rings (SSSR count).